The average Bonchev–Trinajstić information content (AvgIpc) is 2.61. The summed E-state index contributed by atoms with van der Waals surface area (Å²) in [6, 6.07) is 14.8. The van der Waals surface area contributed by atoms with Crippen LogP contribution >= 0.6 is 11.8 Å². The van der Waals surface area contributed by atoms with E-state index in [4.69, 9.17) is 0 Å². The molecule has 2 rings (SSSR count). The van der Waals surface area contributed by atoms with Crippen molar-refractivity contribution in [1.82, 2.24) is 0 Å². The second-order valence-electron chi connectivity index (χ2n) is 6.49. The minimum atomic E-state index is -3.59. The zero-order chi connectivity index (χ0) is 20.0. The highest BCUT2D eigenvalue weighted by atomic mass is 32.2. The third-order valence-electron chi connectivity index (χ3n) is 4.00. The normalized spacial score (nSPS) is 11.4. The first-order chi connectivity index (χ1) is 12.7. The van der Waals surface area contributed by atoms with Crippen molar-refractivity contribution in [1.29, 1.82) is 0 Å². The second kappa shape index (κ2) is 9.28. The van der Waals surface area contributed by atoms with Crippen LogP contribution in [0.1, 0.15) is 32.3 Å². The van der Waals surface area contributed by atoms with Crippen LogP contribution in [0.25, 0.3) is 0 Å². The van der Waals surface area contributed by atoms with Crippen molar-refractivity contribution in [2.75, 3.05) is 28.2 Å². The smallest absolute Gasteiger partial charge is 0.245 e. The molecule has 1 N–H and O–H groups in total. The molecule has 0 radical (unpaired) electrons. The van der Waals surface area contributed by atoms with Crippen molar-refractivity contribution in [3.05, 3.63) is 54.1 Å². The van der Waals surface area contributed by atoms with Crippen LogP contribution in [-0.4, -0.2) is 32.9 Å². The molecular formula is C20H26N2O3S2. The lowest BCUT2D eigenvalue weighted by Crippen LogP contribution is -2.37. The highest BCUT2D eigenvalue weighted by Crippen LogP contribution is 2.27. The quantitative estimate of drug-likeness (QED) is 0.663. The Bertz CT molecular complexity index is 878. The molecule has 0 atom stereocenters. The van der Waals surface area contributed by atoms with E-state index < -0.39 is 10.0 Å². The predicted molar refractivity (Wildman–Crippen MR) is 114 cm³/mol. The van der Waals surface area contributed by atoms with E-state index in [1.54, 1.807) is 23.9 Å². The SMILES string of the molecule is CCSc1ccccc1NC(=O)CN(c1ccc(C(C)C)cc1)S(C)(=O)=O. The fourth-order valence-corrected chi connectivity index (χ4v) is 4.21. The molecule has 146 valence electrons. The summed E-state index contributed by atoms with van der Waals surface area (Å²) in [6.07, 6.45) is 1.11. The Kier molecular flexibility index (Phi) is 7.33. The van der Waals surface area contributed by atoms with E-state index in [2.05, 4.69) is 19.2 Å². The molecule has 0 fully saturated rings. The number of thioether (sulfide) groups is 1. The van der Waals surface area contributed by atoms with Gasteiger partial charge in [0.05, 0.1) is 17.6 Å². The number of carbonyl (C=O) groups excluding carboxylic acids is 1. The molecule has 2 aromatic carbocycles. The fourth-order valence-electron chi connectivity index (χ4n) is 2.60. The first-order valence-electron chi connectivity index (χ1n) is 8.81. The van der Waals surface area contributed by atoms with Gasteiger partial charge < -0.3 is 5.32 Å². The van der Waals surface area contributed by atoms with E-state index in [1.807, 2.05) is 43.3 Å². The third-order valence-corrected chi connectivity index (χ3v) is 6.09. The summed E-state index contributed by atoms with van der Waals surface area (Å²) in [6.45, 7) is 5.91. The number of anilines is 2. The molecule has 0 bridgehead atoms. The molecule has 0 aromatic heterocycles. The van der Waals surface area contributed by atoms with Crippen molar-refractivity contribution >= 4 is 39.1 Å². The minimum absolute atomic E-state index is 0.273. The number of sulfonamides is 1. The van der Waals surface area contributed by atoms with E-state index in [-0.39, 0.29) is 12.5 Å². The van der Waals surface area contributed by atoms with Gasteiger partial charge in [-0.2, -0.15) is 0 Å². The first-order valence-corrected chi connectivity index (χ1v) is 11.6. The lowest BCUT2D eigenvalue weighted by Gasteiger charge is -2.22. The highest BCUT2D eigenvalue weighted by molar-refractivity contribution is 7.99. The van der Waals surface area contributed by atoms with Crippen LogP contribution in [0.2, 0.25) is 0 Å². The largest absolute Gasteiger partial charge is 0.323 e. The molecule has 0 saturated carbocycles. The van der Waals surface area contributed by atoms with Crippen LogP contribution in [0.15, 0.2) is 53.4 Å². The third kappa shape index (κ3) is 6.01. The number of nitrogens with one attached hydrogen (secondary N) is 1. The van der Waals surface area contributed by atoms with Gasteiger partial charge in [-0.1, -0.05) is 45.0 Å². The van der Waals surface area contributed by atoms with Crippen molar-refractivity contribution in [3.8, 4) is 0 Å². The maximum Gasteiger partial charge on any atom is 0.245 e. The van der Waals surface area contributed by atoms with Crippen LogP contribution in [0.3, 0.4) is 0 Å². The Labute approximate surface area is 166 Å². The van der Waals surface area contributed by atoms with Crippen molar-refractivity contribution in [2.45, 2.75) is 31.6 Å². The van der Waals surface area contributed by atoms with Gasteiger partial charge in [-0.25, -0.2) is 8.42 Å². The van der Waals surface area contributed by atoms with Crippen LogP contribution in [0.4, 0.5) is 11.4 Å². The van der Waals surface area contributed by atoms with Gasteiger partial charge in [-0.05, 0) is 41.5 Å². The Morgan fingerprint density at radius 2 is 1.74 bits per heavy atom. The van der Waals surface area contributed by atoms with Gasteiger partial charge in [0, 0.05) is 4.90 Å². The number of para-hydroxylation sites is 1. The Hall–Kier alpha value is -1.99. The first kappa shape index (κ1) is 21.3. The Morgan fingerprint density at radius 1 is 1.11 bits per heavy atom. The molecule has 0 saturated heterocycles. The predicted octanol–water partition coefficient (Wildman–Crippen LogP) is 4.33. The summed E-state index contributed by atoms with van der Waals surface area (Å²) in [5.74, 6) is 0.851. The van der Waals surface area contributed by atoms with Gasteiger partial charge in [-0.15, -0.1) is 11.8 Å². The van der Waals surface area contributed by atoms with E-state index in [0.717, 1.165) is 26.8 Å². The van der Waals surface area contributed by atoms with Gasteiger partial charge in [0.15, 0.2) is 0 Å². The summed E-state index contributed by atoms with van der Waals surface area (Å²) in [4.78, 5) is 13.5. The zero-order valence-corrected chi connectivity index (χ0v) is 17.7. The van der Waals surface area contributed by atoms with Gasteiger partial charge in [0.25, 0.3) is 0 Å². The van der Waals surface area contributed by atoms with Gasteiger partial charge >= 0.3 is 0 Å². The van der Waals surface area contributed by atoms with E-state index >= 15 is 0 Å². The molecule has 0 aliphatic rings. The second-order valence-corrected chi connectivity index (χ2v) is 9.71. The van der Waals surface area contributed by atoms with Crippen LogP contribution < -0.4 is 9.62 Å². The summed E-state index contributed by atoms with van der Waals surface area (Å²) in [5.41, 5.74) is 2.29. The molecule has 27 heavy (non-hydrogen) atoms. The topological polar surface area (TPSA) is 66.5 Å². The number of rotatable bonds is 8. The molecule has 0 heterocycles. The molecule has 0 aliphatic carbocycles. The summed E-state index contributed by atoms with van der Waals surface area (Å²) >= 11 is 1.62. The van der Waals surface area contributed by atoms with Crippen LogP contribution in [0.5, 0.6) is 0 Å². The highest BCUT2D eigenvalue weighted by Gasteiger charge is 2.21. The molecule has 7 heteroatoms. The summed E-state index contributed by atoms with van der Waals surface area (Å²) < 4.78 is 25.6. The van der Waals surface area contributed by atoms with E-state index in [0.29, 0.717) is 17.3 Å². The van der Waals surface area contributed by atoms with Gasteiger partial charge in [0.1, 0.15) is 6.54 Å². The number of hydrogen-bond acceptors (Lipinski definition) is 4. The van der Waals surface area contributed by atoms with Crippen molar-refractivity contribution < 1.29 is 13.2 Å². The maximum atomic E-state index is 12.5. The summed E-state index contributed by atoms with van der Waals surface area (Å²) in [7, 11) is -3.59. The van der Waals surface area contributed by atoms with Gasteiger partial charge in [0.2, 0.25) is 15.9 Å². The molecular weight excluding hydrogens is 380 g/mol. The van der Waals surface area contributed by atoms with Crippen LogP contribution in [0, 0.1) is 0 Å². The number of amides is 1. The van der Waals surface area contributed by atoms with Crippen molar-refractivity contribution in [2.24, 2.45) is 0 Å². The monoisotopic (exact) mass is 406 g/mol. The average molecular weight is 407 g/mol. The molecule has 0 unspecified atom stereocenters. The minimum Gasteiger partial charge on any atom is -0.323 e. The molecule has 0 spiro atoms. The molecule has 1 amide bonds. The number of benzene rings is 2. The molecule has 0 aliphatic heterocycles. The van der Waals surface area contributed by atoms with E-state index in [9.17, 15) is 13.2 Å². The molecule has 5 nitrogen and oxygen atoms in total. The number of hydrogen-bond donors (Lipinski definition) is 1. The van der Waals surface area contributed by atoms with Crippen LogP contribution in [-0.2, 0) is 14.8 Å². The standard InChI is InChI=1S/C20H26N2O3S2/c1-5-26-19-9-7-6-8-18(19)21-20(23)14-22(27(4,24)25)17-12-10-16(11-13-17)15(2)3/h6-13,15H,5,14H2,1-4H3,(H,21,23). The Morgan fingerprint density at radius 3 is 2.30 bits per heavy atom. The molecule has 2 aromatic rings. The summed E-state index contributed by atoms with van der Waals surface area (Å²) in [5, 5.41) is 2.83. The lowest BCUT2D eigenvalue weighted by atomic mass is 10.0. The Balaban J connectivity index is 2.20. The van der Waals surface area contributed by atoms with Gasteiger partial charge in [-0.3, -0.25) is 9.10 Å². The maximum absolute atomic E-state index is 12.5. The zero-order valence-electron chi connectivity index (χ0n) is 16.1. The van der Waals surface area contributed by atoms with E-state index in [1.165, 1.54) is 0 Å². The number of carbonyl (C=O) groups is 1. The van der Waals surface area contributed by atoms with Crippen molar-refractivity contribution in [3.63, 3.8) is 0 Å². The lowest BCUT2D eigenvalue weighted by molar-refractivity contribution is -0.114. The number of nitrogens with zero attached hydrogens (tertiary/aromatic N) is 1. The fraction of sp³-hybridized carbons (Fsp3) is 0.350.